The van der Waals surface area contributed by atoms with Crippen LogP contribution in [0.15, 0.2) is 42.5 Å². The number of aliphatic carboxylic acids is 1. The molecular formula is C16H13F4NO4. The summed E-state index contributed by atoms with van der Waals surface area (Å²) in [4.78, 5) is 19.6. The summed E-state index contributed by atoms with van der Waals surface area (Å²) in [7, 11) is 0. The molecule has 2 aromatic rings. The van der Waals surface area contributed by atoms with Crippen molar-refractivity contribution in [3.8, 4) is 11.1 Å². The fourth-order valence-electron chi connectivity index (χ4n) is 1.75. The standard InChI is InChI=1S/C14H12FNO2.C2HF3O2/c1-9-2-7-13(16-14(17)18)12(8-9)10-3-5-11(15)6-4-10;3-2(4,5)1(6)7/h2-8,16H,1H3,(H,17,18);(H,6,7). The molecule has 0 aromatic heterocycles. The molecule has 0 heterocycles. The molecule has 0 saturated heterocycles. The molecule has 2 rings (SSSR count). The van der Waals surface area contributed by atoms with Crippen LogP contribution >= 0.6 is 0 Å². The van der Waals surface area contributed by atoms with E-state index in [4.69, 9.17) is 15.0 Å². The molecule has 25 heavy (non-hydrogen) atoms. The van der Waals surface area contributed by atoms with Crippen LogP contribution in [0, 0.1) is 12.7 Å². The van der Waals surface area contributed by atoms with E-state index < -0.39 is 18.2 Å². The molecule has 5 nitrogen and oxygen atoms in total. The van der Waals surface area contributed by atoms with Crippen LogP contribution in [0.3, 0.4) is 0 Å². The quantitative estimate of drug-likeness (QED) is 0.688. The number of amides is 1. The Kier molecular flexibility index (Phi) is 6.49. The molecule has 1 amide bonds. The van der Waals surface area contributed by atoms with Crippen LogP contribution in [0.25, 0.3) is 11.1 Å². The zero-order chi connectivity index (χ0) is 19.2. The van der Waals surface area contributed by atoms with E-state index in [-0.39, 0.29) is 5.82 Å². The third kappa shape index (κ3) is 6.50. The van der Waals surface area contributed by atoms with E-state index >= 15 is 0 Å². The average Bonchev–Trinajstić information content (AvgIpc) is 2.49. The zero-order valence-electron chi connectivity index (χ0n) is 12.8. The van der Waals surface area contributed by atoms with Crippen molar-refractivity contribution in [1.29, 1.82) is 0 Å². The molecule has 0 fully saturated rings. The predicted octanol–water partition coefficient (Wildman–Crippen LogP) is 4.52. The van der Waals surface area contributed by atoms with Crippen LogP contribution in [-0.2, 0) is 4.79 Å². The second-order valence-corrected chi connectivity index (χ2v) is 4.79. The van der Waals surface area contributed by atoms with E-state index in [0.717, 1.165) is 16.7 Å². The summed E-state index contributed by atoms with van der Waals surface area (Å²) >= 11 is 0. The maximum atomic E-state index is 12.9. The number of alkyl halides is 3. The first-order valence-electron chi connectivity index (χ1n) is 6.67. The van der Waals surface area contributed by atoms with Crippen LogP contribution in [0.5, 0.6) is 0 Å². The minimum absolute atomic E-state index is 0.320. The number of rotatable bonds is 2. The lowest BCUT2D eigenvalue weighted by molar-refractivity contribution is -0.192. The second kappa shape index (κ2) is 8.13. The topological polar surface area (TPSA) is 86.6 Å². The van der Waals surface area contributed by atoms with Gasteiger partial charge in [-0.3, -0.25) is 5.32 Å². The van der Waals surface area contributed by atoms with E-state index in [9.17, 15) is 22.4 Å². The summed E-state index contributed by atoms with van der Waals surface area (Å²) in [5, 5.41) is 18.2. The van der Waals surface area contributed by atoms with Crippen molar-refractivity contribution < 1.29 is 37.4 Å². The van der Waals surface area contributed by atoms with Crippen molar-refractivity contribution in [1.82, 2.24) is 0 Å². The van der Waals surface area contributed by atoms with Gasteiger partial charge in [-0.15, -0.1) is 0 Å². The molecule has 0 saturated carbocycles. The van der Waals surface area contributed by atoms with E-state index in [1.54, 1.807) is 18.2 Å². The lowest BCUT2D eigenvalue weighted by Crippen LogP contribution is -2.21. The summed E-state index contributed by atoms with van der Waals surface area (Å²) in [6.07, 6.45) is -6.21. The largest absolute Gasteiger partial charge is 0.490 e. The van der Waals surface area contributed by atoms with Crippen molar-refractivity contribution in [2.24, 2.45) is 0 Å². The van der Waals surface area contributed by atoms with Gasteiger partial charge in [0.05, 0.1) is 5.69 Å². The van der Waals surface area contributed by atoms with E-state index in [1.165, 1.54) is 12.1 Å². The minimum atomic E-state index is -5.08. The molecule has 0 bridgehead atoms. The van der Waals surface area contributed by atoms with E-state index in [2.05, 4.69) is 5.32 Å². The van der Waals surface area contributed by atoms with Gasteiger partial charge in [-0.05, 0) is 36.8 Å². The van der Waals surface area contributed by atoms with Crippen molar-refractivity contribution >= 4 is 17.7 Å². The Bertz CT molecular complexity index is 758. The van der Waals surface area contributed by atoms with Gasteiger partial charge in [0.1, 0.15) is 5.82 Å². The highest BCUT2D eigenvalue weighted by Crippen LogP contribution is 2.29. The third-order valence-corrected chi connectivity index (χ3v) is 2.81. The van der Waals surface area contributed by atoms with Gasteiger partial charge < -0.3 is 10.2 Å². The van der Waals surface area contributed by atoms with Crippen molar-refractivity contribution in [3.05, 3.63) is 53.8 Å². The molecule has 134 valence electrons. The number of carboxylic acid groups (broad SMARTS) is 2. The highest BCUT2D eigenvalue weighted by atomic mass is 19.4. The molecule has 0 spiro atoms. The number of benzene rings is 2. The van der Waals surface area contributed by atoms with Gasteiger partial charge in [-0.1, -0.05) is 23.8 Å². The number of halogens is 4. The van der Waals surface area contributed by atoms with Gasteiger partial charge in [0.15, 0.2) is 0 Å². The molecule has 0 aliphatic carbocycles. The number of carboxylic acids is 1. The average molecular weight is 359 g/mol. The molecule has 0 aliphatic rings. The van der Waals surface area contributed by atoms with Gasteiger partial charge in [0, 0.05) is 5.56 Å². The lowest BCUT2D eigenvalue weighted by Gasteiger charge is -2.10. The number of hydrogen-bond donors (Lipinski definition) is 3. The zero-order valence-corrected chi connectivity index (χ0v) is 12.8. The van der Waals surface area contributed by atoms with Gasteiger partial charge >= 0.3 is 18.2 Å². The molecular weight excluding hydrogens is 346 g/mol. The third-order valence-electron chi connectivity index (χ3n) is 2.81. The van der Waals surface area contributed by atoms with Gasteiger partial charge in [-0.2, -0.15) is 13.2 Å². The van der Waals surface area contributed by atoms with Crippen molar-refractivity contribution in [3.63, 3.8) is 0 Å². The fourth-order valence-corrected chi connectivity index (χ4v) is 1.75. The molecule has 3 N–H and O–H groups in total. The Balaban J connectivity index is 0.000000381. The minimum Gasteiger partial charge on any atom is -0.475 e. The van der Waals surface area contributed by atoms with Crippen LogP contribution in [0.1, 0.15) is 5.56 Å². The first-order valence-corrected chi connectivity index (χ1v) is 6.67. The van der Waals surface area contributed by atoms with Crippen LogP contribution in [-0.4, -0.2) is 28.5 Å². The molecule has 0 radical (unpaired) electrons. The monoisotopic (exact) mass is 359 g/mol. The van der Waals surface area contributed by atoms with Gasteiger partial charge in [-0.25, -0.2) is 14.0 Å². The SMILES string of the molecule is Cc1ccc(NC(=O)O)c(-c2ccc(F)cc2)c1.O=C(O)C(F)(F)F. The maximum Gasteiger partial charge on any atom is 0.490 e. The molecule has 9 heteroatoms. The van der Waals surface area contributed by atoms with Crippen LogP contribution in [0.4, 0.5) is 28.0 Å². The number of anilines is 1. The smallest absolute Gasteiger partial charge is 0.475 e. The normalized spacial score (nSPS) is 10.4. The summed E-state index contributed by atoms with van der Waals surface area (Å²) in [6.45, 7) is 1.91. The highest BCUT2D eigenvalue weighted by Gasteiger charge is 2.38. The summed E-state index contributed by atoms with van der Waals surface area (Å²) in [5.41, 5.74) is 2.99. The molecule has 0 unspecified atom stereocenters. The Morgan fingerprint density at radius 3 is 1.96 bits per heavy atom. The fraction of sp³-hybridized carbons (Fsp3) is 0.125. The number of hydrogen-bond acceptors (Lipinski definition) is 2. The molecule has 0 aliphatic heterocycles. The number of aryl methyl sites for hydroxylation is 1. The predicted molar refractivity (Wildman–Crippen MR) is 81.9 cm³/mol. The Hall–Kier alpha value is -3.10. The lowest BCUT2D eigenvalue weighted by atomic mass is 10.0. The summed E-state index contributed by atoms with van der Waals surface area (Å²) in [6, 6.07) is 11.3. The van der Waals surface area contributed by atoms with E-state index in [0.29, 0.717) is 5.69 Å². The van der Waals surface area contributed by atoms with E-state index in [1.807, 2.05) is 19.1 Å². The Morgan fingerprint density at radius 2 is 1.52 bits per heavy atom. The van der Waals surface area contributed by atoms with Gasteiger partial charge in [0.25, 0.3) is 0 Å². The van der Waals surface area contributed by atoms with Gasteiger partial charge in [0.2, 0.25) is 0 Å². The second-order valence-electron chi connectivity index (χ2n) is 4.79. The van der Waals surface area contributed by atoms with Crippen LogP contribution in [0.2, 0.25) is 0 Å². The highest BCUT2D eigenvalue weighted by molar-refractivity contribution is 5.90. The van der Waals surface area contributed by atoms with Crippen LogP contribution < -0.4 is 5.32 Å². The molecule has 2 aromatic carbocycles. The molecule has 0 atom stereocenters. The first kappa shape index (κ1) is 19.9. The number of carbonyl (C=O) groups is 2. The van der Waals surface area contributed by atoms with Crippen molar-refractivity contribution in [2.45, 2.75) is 13.1 Å². The summed E-state index contributed by atoms with van der Waals surface area (Å²) < 4.78 is 44.6. The first-order chi connectivity index (χ1) is 11.5. The van der Waals surface area contributed by atoms with Crippen molar-refractivity contribution in [2.75, 3.05) is 5.32 Å². The Morgan fingerprint density at radius 1 is 1.00 bits per heavy atom. The Labute approximate surface area is 139 Å². The number of nitrogens with one attached hydrogen (secondary N) is 1. The summed E-state index contributed by atoms with van der Waals surface area (Å²) in [5.74, 6) is -3.08. The maximum absolute atomic E-state index is 12.9.